The highest BCUT2D eigenvalue weighted by Crippen LogP contribution is 2.38. The van der Waals surface area contributed by atoms with E-state index in [0.717, 1.165) is 11.6 Å². The van der Waals surface area contributed by atoms with Crippen molar-refractivity contribution in [3.8, 4) is 22.4 Å². The van der Waals surface area contributed by atoms with E-state index in [1.807, 2.05) is 6.92 Å². The molecule has 2 aromatic heterocycles. The van der Waals surface area contributed by atoms with Gasteiger partial charge in [-0.25, -0.2) is 9.37 Å². The molecule has 2 heterocycles. The minimum Gasteiger partial charge on any atom is -0.325 e. The lowest BCUT2D eigenvalue weighted by molar-refractivity contribution is -0.137. The van der Waals surface area contributed by atoms with Crippen LogP contribution < -0.4 is 5.32 Å². The van der Waals surface area contributed by atoms with Crippen LogP contribution in [0.25, 0.3) is 28.0 Å². The topological polar surface area (TPSA) is 46.4 Å². The van der Waals surface area contributed by atoms with Gasteiger partial charge in [-0.15, -0.1) is 0 Å². The molecule has 34 heavy (non-hydrogen) atoms. The summed E-state index contributed by atoms with van der Waals surface area (Å²) in [6.45, 7) is 6.74. The number of imidazole rings is 1. The number of nitrogens with one attached hydrogen (secondary N) is 1. The summed E-state index contributed by atoms with van der Waals surface area (Å²) in [6, 6.07) is 11.8. The third-order valence-corrected chi connectivity index (χ3v) is 5.43. The lowest BCUT2D eigenvalue weighted by Gasteiger charge is -2.20. The predicted octanol–water partition coefficient (Wildman–Crippen LogP) is 7.12. The lowest BCUT2D eigenvalue weighted by Crippen LogP contribution is -2.28. The number of aryl methyl sites for hydroxylation is 1. The highest BCUT2D eigenvalue weighted by molar-refractivity contribution is 5.96. The number of benzene rings is 2. The number of aromatic nitrogens is 2. The second kappa shape index (κ2) is 8.27. The van der Waals surface area contributed by atoms with Gasteiger partial charge in [0.05, 0.1) is 16.9 Å². The van der Waals surface area contributed by atoms with Gasteiger partial charge in [0.25, 0.3) is 0 Å². The van der Waals surface area contributed by atoms with Crippen molar-refractivity contribution in [3.63, 3.8) is 0 Å². The number of carbonyl (C=O) groups excluding carboxylic acids is 1. The number of nitrogens with zero attached hydrogens (tertiary/aromatic N) is 2. The van der Waals surface area contributed by atoms with Crippen molar-refractivity contribution in [2.24, 2.45) is 5.41 Å². The molecule has 4 aromatic rings. The molecule has 0 unspecified atom stereocenters. The molecule has 0 saturated heterocycles. The first-order valence-corrected chi connectivity index (χ1v) is 10.6. The Balaban J connectivity index is 1.77. The highest BCUT2D eigenvalue weighted by Gasteiger charge is 2.35. The van der Waals surface area contributed by atoms with Gasteiger partial charge in [-0.1, -0.05) is 38.5 Å². The standard InChI is InChI=1S/C26H23F4N3O/c1-15-5-9-20(27)18(11-15)17-7-10-23-31-22(14-33(23)13-17)16-6-8-19(26(28,29)30)21(12-16)32-24(34)25(2,3)4/h5-14H,1-4H3,(H,32,34). The minimum absolute atomic E-state index is 0.329. The van der Waals surface area contributed by atoms with Crippen molar-refractivity contribution in [1.82, 2.24) is 9.38 Å². The monoisotopic (exact) mass is 469 g/mol. The predicted molar refractivity (Wildman–Crippen MR) is 124 cm³/mol. The molecule has 2 aromatic carbocycles. The maximum atomic E-state index is 14.3. The van der Waals surface area contributed by atoms with Crippen molar-refractivity contribution >= 4 is 17.2 Å². The van der Waals surface area contributed by atoms with E-state index >= 15 is 0 Å². The Morgan fingerprint density at radius 1 is 0.941 bits per heavy atom. The number of amides is 1. The van der Waals surface area contributed by atoms with Crippen molar-refractivity contribution in [2.45, 2.75) is 33.9 Å². The number of hydrogen-bond acceptors (Lipinski definition) is 2. The fourth-order valence-electron chi connectivity index (χ4n) is 3.51. The van der Waals surface area contributed by atoms with E-state index < -0.39 is 23.1 Å². The van der Waals surface area contributed by atoms with Gasteiger partial charge in [0, 0.05) is 34.5 Å². The van der Waals surface area contributed by atoms with E-state index in [1.165, 1.54) is 18.2 Å². The number of anilines is 1. The molecule has 0 aliphatic rings. The van der Waals surface area contributed by atoms with Gasteiger partial charge in [-0.3, -0.25) is 4.79 Å². The molecule has 0 radical (unpaired) electrons. The summed E-state index contributed by atoms with van der Waals surface area (Å²) < 4.78 is 56.7. The van der Waals surface area contributed by atoms with Crippen LogP contribution in [0, 0.1) is 18.2 Å². The molecule has 0 aliphatic carbocycles. The SMILES string of the molecule is Cc1ccc(F)c(-c2ccc3nc(-c4ccc(C(F)(F)F)c(NC(=O)C(C)(C)C)c4)cn3c2)c1. The third-order valence-electron chi connectivity index (χ3n) is 5.43. The number of alkyl halides is 3. The average molecular weight is 469 g/mol. The average Bonchev–Trinajstić information content (AvgIpc) is 3.17. The molecular formula is C26H23F4N3O. The molecule has 8 heteroatoms. The van der Waals surface area contributed by atoms with Crippen molar-refractivity contribution in [3.05, 3.63) is 77.9 Å². The van der Waals surface area contributed by atoms with Gasteiger partial charge in [0.1, 0.15) is 11.5 Å². The molecule has 1 amide bonds. The Morgan fingerprint density at radius 2 is 1.65 bits per heavy atom. The largest absolute Gasteiger partial charge is 0.418 e. The van der Waals surface area contributed by atoms with E-state index in [0.29, 0.717) is 28.0 Å². The van der Waals surface area contributed by atoms with Crippen LogP contribution in [0.1, 0.15) is 31.9 Å². The van der Waals surface area contributed by atoms with Gasteiger partial charge >= 0.3 is 6.18 Å². The summed E-state index contributed by atoms with van der Waals surface area (Å²) in [5.74, 6) is -0.887. The van der Waals surface area contributed by atoms with Crippen molar-refractivity contribution in [1.29, 1.82) is 0 Å². The van der Waals surface area contributed by atoms with Gasteiger partial charge in [-0.2, -0.15) is 13.2 Å². The molecule has 0 aliphatic heterocycles. The number of rotatable bonds is 3. The van der Waals surface area contributed by atoms with Crippen LogP contribution >= 0.6 is 0 Å². The zero-order chi connectivity index (χ0) is 24.8. The summed E-state index contributed by atoms with van der Waals surface area (Å²) in [4.78, 5) is 16.9. The van der Waals surface area contributed by atoms with Gasteiger partial charge in [0.15, 0.2) is 0 Å². The molecule has 0 saturated carbocycles. The number of hydrogen-bond donors (Lipinski definition) is 1. The Bertz CT molecular complexity index is 1400. The number of pyridine rings is 1. The Kier molecular flexibility index (Phi) is 5.71. The summed E-state index contributed by atoms with van der Waals surface area (Å²) in [5, 5.41) is 2.41. The van der Waals surface area contributed by atoms with Crippen LogP contribution in [0.2, 0.25) is 0 Å². The first-order chi connectivity index (χ1) is 15.8. The maximum absolute atomic E-state index is 14.3. The Hall–Kier alpha value is -3.68. The second-order valence-electron chi connectivity index (χ2n) is 9.25. The van der Waals surface area contributed by atoms with Crippen LogP contribution in [0.4, 0.5) is 23.2 Å². The van der Waals surface area contributed by atoms with Crippen LogP contribution in [0.5, 0.6) is 0 Å². The van der Waals surface area contributed by atoms with E-state index in [2.05, 4.69) is 10.3 Å². The van der Waals surface area contributed by atoms with Gasteiger partial charge < -0.3 is 9.72 Å². The quantitative estimate of drug-likeness (QED) is 0.325. The van der Waals surface area contributed by atoms with Crippen LogP contribution in [0.15, 0.2) is 60.9 Å². The molecule has 4 rings (SSSR count). The van der Waals surface area contributed by atoms with Crippen LogP contribution in [-0.2, 0) is 11.0 Å². The summed E-state index contributed by atoms with van der Waals surface area (Å²) in [5.41, 5.74) is 1.24. The number of carbonyl (C=O) groups is 1. The van der Waals surface area contributed by atoms with Crippen molar-refractivity contribution < 1.29 is 22.4 Å². The lowest BCUT2D eigenvalue weighted by atomic mass is 9.95. The number of fused-ring (bicyclic) bond motifs is 1. The molecule has 0 spiro atoms. The van der Waals surface area contributed by atoms with Gasteiger partial charge in [-0.05, 0) is 43.3 Å². The molecule has 4 nitrogen and oxygen atoms in total. The van der Waals surface area contributed by atoms with E-state index in [4.69, 9.17) is 0 Å². The highest BCUT2D eigenvalue weighted by atomic mass is 19.4. The normalized spacial score (nSPS) is 12.2. The number of halogens is 4. The fraction of sp³-hybridized carbons (Fsp3) is 0.231. The second-order valence-corrected chi connectivity index (χ2v) is 9.25. The fourth-order valence-corrected chi connectivity index (χ4v) is 3.51. The molecule has 0 atom stereocenters. The molecule has 1 N–H and O–H groups in total. The zero-order valence-electron chi connectivity index (χ0n) is 19.1. The van der Waals surface area contributed by atoms with Crippen LogP contribution in [-0.4, -0.2) is 15.3 Å². The van der Waals surface area contributed by atoms with E-state index in [-0.39, 0.29) is 11.5 Å². The Labute approximate surface area is 194 Å². The third kappa shape index (κ3) is 4.66. The smallest absolute Gasteiger partial charge is 0.325 e. The molecular weight excluding hydrogens is 446 g/mol. The van der Waals surface area contributed by atoms with Gasteiger partial charge in [0.2, 0.25) is 5.91 Å². The van der Waals surface area contributed by atoms with Crippen LogP contribution in [0.3, 0.4) is 0 Å². The summed E-state index contributed by atoms with van der Waals surface area (Å²) in [6.07, 6.45) is -1.26. The maximum Gasteiger partial charge on any atom is 0.418 e. The minimum atomic E-state index is -4.63. The van der Waals surface area contributed by atoms with E-state index in [9.17, 15) is 22.4 Å². The molecule has 0 bridgehead atoms. The molecule has 176 valence electrons. The summed E-state index contributed by atoms with van der Waals surface area (Å²) in [7, 11) is 0. The first-order valence-electron chi connectivity index (χ1n) is 10.6. The summed E-state index contributed by atoms with van der Waals surface area (Å²) >= 11 is 0. The van der Waals surface area contributed by atoms with E-state index in [1.54, 1.807) is 61.8 Å². The molecule has 0 fully saturated rings. The Morgan fingerprint density at radius 3 is 2.32 bits per heavy atom. The van der Waals surface area contributed by atoms with Crippen molar-refractivity contribution in [2.75, 3.05) is 5.32 Å². The first kappa shape index (κ1) is 23.5. The zero-order valence-corrected chi connectivity index (χ0v) is 19.1.